The van der Waals surface area contributed by atoms with Crippen LogP contribution in [0.2, 0.25) is 0 Å². The molecule has 3 nitrogen and oxygen atoms in total. The number of hydrogen-bond donors (Lipinski definition) is 0. The summed E-state index contributed by atoms with van der Waals surface area (Å²) in [6.45, 7) is 2.55. The molecular formula is C16H15BrO3. The maximum absolute atomic E-state index is 12.0. The van der Waals surface area contributed by atoms with E-state index >= 15 is 0 Å². The van der Waals surface area contributed by atoms with Crippen molar-refractivity contribution in [2.75, 3.05) is 13.2 Å². The summed E-state index contributed by atoms with van der Waals surface area (Å²) in [4.78, 5) is 12.0. The Morgan fingerprint density at radius 3 is 2.45 bits per heavy atom. The van der Waals surface area contributed by atoms with Crippen molar-refractivity contribution in [1.82, 2.24) is 0 Å². The Morgan fingerprint density at radius 2 is 1.80 bits per heavy atom. The summed E-state index contributed by atoms with van der Waals surface area (Å²) in [5, 5.41) is 0. The molecule has 0 fully saturated rings. The van der Waals surface area contributed by atoms with E-state index in [1.807, 2.05) is 31.2 Å². The molecule has 0 saturated carbocycles. The first kappa shape index (κ1) is 14.6. The van der Waals surface area contributed by atoms with Gasteiger partial charge in [0.05, 0.1) is 6.61 Å². The van der Waals surface area contributed by atoms with Gasteiger partial charge in [-0.15, -0.1) is 0 Å². The molecule has 0 aliphatic rings. The molecule has 0 radical (unpaired) electrons. The number of carbonyl (C=O) groups excluding carboxylic acids is 1. The van der Waals surface area contributed by atoms with Gasteiger partial charge in [0, 0.05) is 10.0 Å². The Balaban J connectivity index is 1.94. The Labute approximate surface area is 126 Å². The van der Waals surface area contributed by atoms with Crippen molar-refractivity contribution in [1.29, 1.82) is 0 Å². The minimum atomic E-state index is -0.0620. The van der Waals surface area contributed by atoms with Crippen LogP contribution in [0.4, 0.5) is 0 Å². The van der Waals surface area contributed by atoms with Gasteiger partial charge in [0.1, 0.15) is 11.5 Å². The fraction of sp³-hybridized carbons (Fsp3) is 0.188. The summed E-state index contributed by atoms with van der Waals surface area (Å²) >= 11 is 3.36. The number of ether oxygens (including phenoxy) is 2. The van der Waals surface area contributed by atoms with Gasteiger partial charge in [-0.3, -0.25) is 4.79 Å². The zero-order valence-electron chi connectivity index (χ0n) is 11.1. The minimum absolute atomic E-state index is 0.0183. The molecule has 2 rings (SSSR count). The molecule has 20 heavy (non-hydrogen) atoms. The topological polar surface area (TPSA) is 35.5 Å². The van der Waals surface area contributed by atoms with Crippen LogP contribution >= 0.6 is 15.9 Å². The second-order valence-corrected chi connectivity index (χ2v) is 5.04. The Morgan fingerprint density at radius 1 is 1.05 bits per heavy atom. The highest BCUT2D eigenvalue weighted by Crippen LogP contribution is 2.18. The highest BCUT2D eigenvalue weighted by Gasteiger charge is 2.07. The molecule has 0 aliphatic carbocycles. The third-order valence-electron chi connectivity index (χ3n) is 2.65. The van der Waals surface area contributed by atoms with E-state index in [1.54, 1.807) is 24.3 Å². The van der Waals surface area contributed by atoms with Crippen molar-refractivity contribution < 1.29 is 14.3 Å². The highest BCUT2D eigenvalue weighted by atomic mass is 79.9. The molecule has 0 N–H and O–H groups in total. The number of benzene rings is 2. The molecule has 2 aromatic rings. The van der Waals surface area contributed by atoms with E-state index in [4.69, 9.17) is 9.47 Å². The zero-order chi connectivity index (χ0) is 14.4. The van der Waals surface area contributed by atoms with E-state index < -0.39 is 0 Å². The van der Waals surface area contributed by atoms with Gasteiger partial charge in [0.2, 0.25) is 0 Å². The summed E-state index contributed by atoms with van der Waals surface area (Å²) in [7, 11) is 0. The Hall–Kier alpha value is -1.81. The average Bonchev–Trinajstić information content (AvgIpc) is 2.46. The van der Waals surface area contributed by atoms with Crippen LogP contribution in [0.1, 0.15) is 17.3 Å². The first-order valence-electron chi connectivity index (χ1n) is 6.33. The summed E-state index contributed by atoms with van der Waals surface area (Å²) in [6, 6.07) is 14.5. The molecule has 0 aliphatic heterocycles. The lowest BCUT2D eigenvalue weighted by Crippen LogP contribution is -2.11. The van der Waals surface area contributed by atoms with Crippen LogP contribution in [-0.2, 0) is 0 Å². The lowest BCUT2D eigenvalue weighted by molar-refractivity contribution is 0.0921. The summed E-state index contributed by atoms with van der Waals surface area (Å²) in [5.41, 5.74) is 0.614. The smallest absolute Gasteiger partial charge is 0.200 e. The average molecular weight is 335 g/mol. The van der Waals surface area contributed by atoms with E-state index in [1.165, 1.54) is 0 Å². The van der Waals surface area contributed by atoms with Crippen molar-refractivity contribution in [2.45, 2.75) is 6.92 Å². The van der Waals surface area contributed by atoms with Crippen LogP contribution < -0.4 is 9.47 Å². The normalized spacial score (nSPS) is 10.1. The number of Topliss-reactive ketones (excluding diaryl/α,β-unsaturated/α-hetero) is 1. The minimum Gasteiger partial charge on any atom is -0.494 e. The molecule has 0 amide bonds. The second kappa shape index (κ2) is 7.10. The second-order valence-electron chi connectivity index (χ2n) is 4.13. The molecule has 0 spiro atoms. The third-order valence-corrected chi connectivity index (χ3v) is 3.15. The van der Waals surface area contributed by atoms with Crippen LogP contribution in [0.3, 0.4) is 0 Å². The third kappa shape index (κ3) is 4.10. The Bertz CT molecular complexity index is 579. The van der Waals surface area contributed by atoms with Crippen LogP contribution in [0.5, 0.6) is 11.5 Å². The van der Waals surface area contributed by atoms with Crippen LogP contribution in [0.15, 0.2) is 53.0 Å². The van der Waals surface area contributed by atoms with Gasteiger partial charge >= 0.3 is 0 Å². The zero-order valence-corrected chi connectivity index (χ0v) is 12.7. The first-order valence-corrected chi connectivity index (χ1v) is 7.13. The summed E-state index contributed by atoms with van der Waals surface area (Å²) in [6.07, 6.45) is 0. The standard InChI is InChI=1S/C16H15BrO3/c1-2-19-14-8-6-12(7-9-14)16(18)11-20-15-5-3-4-13(17)10-15/h3-10H,2,11H2,1H3. The quantitative estimate of drug-likeness (QED) is 0.746. The maximum Gasteiger partial charge on any atom is 0.200 e. The maximum atomic E-state index is 12.0. The van der Waals surface area contributed by atoms with Crippen molar-refractivity contribution in [3.8, 4) is 11.5 Å². The van der Waals surface area contributed by atoms with Gasteiger partial charge in [-0.25, -0.2) is 0 Å². The monoisotopic (exact) mass is 334 g/mol. The van der Waals surface area contributed by atoms with E-state index in [0.717, 1.165) is 10.2 Å². The van der Waals surface area contributed by atoms with Crippen molar-refractivity contribution in [3.05, 3.63) is 58.6 Å². The highest BCUT2D eigenvalue weighted by molar-refractivity contribution is 9.10. The van der Waals surface area contributed by atoms with Gasteiger partial charge in [-0.05, 0) is 49.4 Å². The van der Waals surface area contributed by atoms with E-state index in [0.29, 0.717) is 17.9 Å². The molecule has 0 heterocycles. The molecule has 0 aromatic heterocycles. The molecule has 104 valence electrons. The van der Waals surface area contributed by atoms with Crippen molar-refractivity contribution in [3.63, 3.8) is 0 Å². The van der Waals surface area contributed by atoms with Gasteiger partial charge in [0.15, 0.2) is 12.4 Å². The number of carbonyl (C=O) groups is 1. The van der Waals surface area contributed by atoms with Gasteiger partial charge in [0.25, 0.3) is 0 Å². The fourth-order valence-electron chi connectivity index (χ4n) is 1.69. The molecule has 0 atom stereocenters. The summed E-state index contributed by atoms with van der Waals surface area (Å²) in [5.74, 6) is 1.36. The van der Waals surface area contributed by atoms with Gasteiger partial charge in [-0.1, -0.05) is 22.0 Å². The van der Waals surface area contributed by atoms with Crippen molar-refractivity contribution >= 4 is 21.7 Å². The number of halogens is 1. The SMILES string of the molecule is CCOc1ccc(C(=O)COc2cccc(Br)c2)cc1. The first-order chi connectivity index (χ1) is 9.69. The predicted molar refractivity (Wildman–Crippen MR) is 81.6 cm³/mol. The summed E-state index contributed by atoms with van der Waals surface area (Å²) < 4.78 is 11.7. The van der Waals surface area contributed by atoms with Crippen LogP contribution in [0, 0.1) is 0 Å². The number of hydrogen-bond acceptors (Lipinski definition) is 3. The van der Waals surface area contributed by atoms with E-state index in [2.05, 4.69) is 15.9 Å². The molecule has 4 heteroatoms. The van der Waals surface area contributed by atoms with Gasteiger partial charge in [-0.2, -0.15) is 0 Å². The van der Waals surface area contributed by atoms with E-state index in [9.17, 15) is 4.79 Å². The largest absolute Gasteiger partial charge is 0.494 e. The lowest BCUT2D eigenvalue weighted by atomic mass is 10.1. The molecule has 0 bridgehead atoms. The number of rotatable bonds is 6. The van der Waals surface area contributed by atoms with Crippen molar-refractivity contribution in [2.24, 2.45) is 0 Å². The lowest BCUT2D eigenvalue weighted by Gasteiger charge is -2.07. The Kier molecular flexibility index (Phi) is 5.18. The van der Waals surface area contributed by atoms with Gasteiger partial charge < -0.3 is 9.47 Å². The van der Waals surface area contributed by atoms with E-state index in [-0.39, 0.29) is 12.4 Å². The molecular weight excluding hydrogens is 320 g/mol. The molecule has 0 unspecified atom stereocenters. The number of ketones is 1. The molecule has 0 saturated heterocycles. The van der Waals surface area contributed by atoms with Crippen LogP contribution in [0.25, 0.3) is 0 Å². The van der Waals surface area contributed by atoms with Crippen LogP contribution in [-0.4, -0.2) is 19.0 Å². The predicted octanol–water partition coefficient (Wildman–Crippen LogP) is 4.11. The molecule has 2 aromatic carbocycles. The fourth-order valence-corrected chi connectivity index (χ4v) is 2.07.